The maximum atomic E-state index is 9.00. The van der Waals surface area contributed by atoms with Gasteiger partial charge < -0.3 is 9.84 Å². The second-order valence-electron chi connectivity index (χ2n) is 4.49. The van der Waals surface area contributed by atoms with E-state index in [2.05, 4.69) is 24.3 Å². The van der Waals surface area contributed by atoms with Crippen LogP contribution in [0.5, 0.6) is 0 Å². The number of hydrogen-bond acceptors (Lipinski definition) is 2. The van der Waals surface area contributed by atoms with Gasteiger partial charge in [-0.2, -0.15) is 0 Å². The summed E-state index contributed by atoms with van der Waals surface area (Å²) in [7, 11) is 0. The van der Waals surface area contributed by atoms with E-state index in [0.717, 1.165) is 32.3 Å². The molecule has 1 N–H and O–H groups in total. The lowest BCUT2D eigenvalue weighted by atomic mass is 9.83. The number of benzene rings is 1. The molecule has 1 fully saturated rings. The third-order valence-corrected chi connectivity index (χ3v) is 3.39. The van der Waals surface area contributed by atoms with Crippen molar-refractivity contribution in [2.24, 2.45) is 0 Å². The lowest BCUT2D eigenvalue weighted by Gasteiger charge is -2.38. The Hall–Kier alpha value is -0.860. The van der Waals surface area contributed by atoms with Crippen LogP contribution in [-0.4, -0.2) is 18.3 Å². The molecule has 0 aliphatic carbocycles. The maximum Gasteiger partial charge on any atom is 0.0932 e. The Morgan fingerprint density at radius 1 is 1.17 bits per heavy atom. The van der Waals surface area contributed by atoms with E-state index >= 15 is 0 Å². The van der Waals surface area contributed by atoms with Crippen molar-refractivity contribution in [1.29, 1.82) is 0 Å². The van der Waals surface area contributed by atoms with Crippen LogP contribution < -0.4 is 0 Å². The zero-order valence-corrected chi connectivity index (χ0v) is 11.7. The van der Waals surface area contributed by atoms with Crippen LogP contribution in [0.2, 0.25) is 0 Å². The van der Waals surface area contributed by atoms with Crippen molar-refractivity contribution in [2.45, 2.75) is 51.6 Å². The van der Waals surface area contributed by atoms with Gasteiger partial charge in [0.15, 0.2) is 0 Å². The molecule has 1 aromatic rings. The quantitative estimate of drug-likeness (QED) is 0.878. The van der Waals surface area contributed by atoms with Crippen molar-refractivity contribution in [3.8, 4) is 0 Å². The molecular formula is C16H26O2. The van der Waals surface area contributed by atoms with Gasteiger partial charge in [-0.05, 0) is 37.7 Å². The van der Waals surface area contributed by atoms with Crippen LogP contribution in [0, 0.1) is 0 Å². The average Bonchev–Trinajstić information content (AvgIpc) is 2.49. The summed E-state index contributed by atoms with van der Waals surface area (Å²) in [6, 6.07) is 10.4. The first-order valence-electron chi connectivity index (χ1n) is 7.18. The minimum atomic E-state index is -0.137. The largest absolute Gasteiger partial charge is 0.396 e. The van der Waals surface area contributed by atoms with Gasteiger partial charge in [-0.1, -0.05) is 44.2 Å². The molecule has 1 aromatic carbocycles. The lowest BCUT2D eigenvalue weighted by molar-refractivity contribution is -0.0921. The van der Waals surface area contributed by atoms with E-state index in [4.69, 9.17) is 9.84 Å². The Morgan fingerprint density at radius 2 is 1.89 bits per heavy atom. The number of aliphatic hydroxyl groups is 1. The molecule has 0 bridgehead atoms. The number of rotatable bonds is 4. The Bertz CT molecular complexity index is 302. The molecule has 1 aliphatic heterocycles. The Morgan fingerprint density at radius 3 is 2.44 bits per heavy atom. The highest BCUT2D eigenvalue weighted by Gasteiger charge is 2.34. The Labute approximate surface area is 111 Å². The van der Waals surface area contributed by atoms with E-state index in [-0.39, 0.29) is 12.2 Å². The highest BCUT2D eigenvalue weighted by Crippen LogP contribution is 2.38. The van der Waals surface area contributed by atoms with Crippen molar-refractivity contribution >= 4 is 0 Å². The van der Waals surface area contributed by atoms with Gasteiger partial charge in [0.2, 0.25) is 0 Å². The van der Waals surface area contributed by atoms with E-state index in [1.54, 1.807) is 0 Å². The van der Waals surface area contributed by atoms with Crippen LogP contribution in [-0.2, 0) is 10.3 Å². The van der Waals surface area contributed by atoms with Gasteiger partial charge in [0.1, 0.15) is 0 Å². The van der Waals surface area contributed by atoms with Gasteiger partial charge >= 0.3 is 0 Å². The third-order valence-electron chi connectivity index (χ3n) is 3.39. The molecule has 0 amide bonds. The topological polar surface area (TPSA) is 29.5 Å². The fourth-order valence-electron chi connectivity index (χ4n) is 2.53. The first kappa shape index (κ1) is 15.2. The highest BCUT2D eigenvalue weighted by molar-refractivity contribution is 5.23. The molecule has 102 valence electrons. The molecule has 1 unspecified atom stereocenters. The molecule has 0 radical (unpaired) electrons. The van der Waals surface area contributed by atoms with Crippen molar-refractivity contribution in [1.82, 2.24) is 0 Å². The summed E-state index contributed by atoms with van der Waals surface area (Å²) in [5.74, 6) is 0. The first-order valence-corrected chi connectivity index (χ1v) is 7.18. The minimum Gasteiger partial charge on any atom is -0.396 e. The van der Waals surface area contributed by atoms with E-state index in [9.17, 15) is 0 Å². The molecule has 1 heterocycles. The molecule has 0 spiro atoms. The molecule has 2 heteroatoms. The number of hydrogen-bond donors (Lipinski definition) is 1. The molecular weight excluding hydrogens is 224 g/mol. The monoisotopic (exact) mass is 250 g/mol. The molecule has 2 rings (SSSR count). The maximum absolute atomic E-state index is 9.00. The SMILES string of the molecule is CC.OCCCC1(c2ccccc2)CCCCO1. The molecule has 1 aliphatic rings. The minimum absolute atomic E-state index is 0.137. The van der Waals surface area contributed by atoms with Gasteiger partial charge in [-0.15, -0.1) is 0 Å². The fraction of sp³-hybridized carbons (Fsp3) is 0.625. The highest BCUT2D eigenvalue weighted by atomic mass is 16.5. The summed E-state index contributed by atoms with van der Waals surface area (Å²) in [5, 5.41) is 9.00. The van der Waals surface area contributed by atoms with Gasteiger partial charge in [0, 0.05) is 13.2 Å². The van der Waals surface area contributed by atoms with Gasteiger partial charge in [-0.3, -0.25) is 0 Å². The molecule has 1 atom stereocenters. The Kier molecular flexibility index (Phi) is 6.99. The predicted octanol–water partition coefficient (Wildman–Crippen LogP) is 3.88. The van der Waals surface area contributed by atoms with E-state index in [1.807, 2.05) is 19.9 Å². The van der Waals surface area contributed by atoms with Crippen molar-refractivity contribution in [3.05, 3.63) is 35.9 Å². The summed E-state index contributed by atoms with van der Waals surface area (Å²) in [6.07, 6.45) is 5.20. The van der Waals surface area contributed by atoms with Crippen molar-refractivity contribution < 1.29 is 9.84 Å². The van der Waals surface area contributed by atoms with Crippen LogP contribution >= 0.6 is 0 Å². The van der Waals surface area contributed by atoms with E-state index in [1.165, 1.54) is 12.0 Å². The summed E-state index contributed by atoms with van der Waals surface area (Å²) < 4.78 is 6.04. The summed E-state index contributed by atoms with van der Waals surface area (Å²) in [4.78, 5) is 0. The normalized spacial score (nSPS) is 23.1. The van der Waals surface area contributed by atoms with Crippen LogP contribution in [0.3, 0.4) is 0 Å². The lowest BCUT2D eigenvalue weighted by Crippen LogP contribution is -2.33. The van der Waals surface area contributed by atoms with Gasteiger partial charge in [0.25, 0.3) is 0 Å². The standard InChI is InChI=1S/C14H20O2.C2H6/c15-11-6-10-14(9-4-5-12-16-14)13-7-2-1-3-8-13;1-2/h1-3,7-8,15H,4-6,9-12H2;1-2H3. The van der Waals surface area contributed by atoms with Crippen molar-refractivity contribution in [3.63, 3.8) is 0 Å². The molecule has 18 heavy (non-hydrogen) atoms. The molecule has 0 aromatic heterocycles. The summed E-state index contributed by atoms with van der Waals surface area (Å²) in [5.41, 5.74) is 1.13. The van der Waals surface area contributed by atoms with Gasteiger partial charge in [0.05, 0.1) is 5.60 Å². The second-order valence-corrected chi connectivity index (χ2v) is 4.49. The summed E-state index contributed by atoms with van der Waals surface area (Å²) >= 11 is 0. The number of aliphatic hydroxyl groups excluding tert-OH is 1. The zero-order chi connectivity index (χ0) is 13.3. The average molecular weight is 250 g/mol. The van der Waals surface area contributed by atoms with Crippen molar-refractivity contribution in [2.75, 3.05) is 13.2 Å². The van der Waals surface area contributed by atoms with Crippen LogP contribution in [0.15, 0.2) is 30.3 Å². The first-order chi connectivity index (χ1) is 8.87. The second kappa shape index (κ2) is 8.28. The molecule has 2 nitrogen and oxygen atoms in total. The van der Waals surface area contributed by atoms with Gasteiger partial charge in [-0.25, -0.2) is 0 Å². The third kappa shape index (κ3) is 3.82. The van der Waals surface area contributed by atoms with Crippen LogP contribution in [0.25, 0.3) is 0 Å². The predicted molar refractivity (Wildman–Crippen MR) is 75.6 cm³/mol. The zero-order valence-electron chi connectivity index (χ0n) is 11.7. The van der Waals surface area contributed by atoms with E-state index in [0.29, 0.717) is 0 Å². The smallest absolute Gasteiger partial charge is 0.0932 e. The van der Waals surface area contributed by atoms with Crippen LogP contribution in [0.1, 0.15) is 51.5 Å². The van der Waals surface area contributed by atoms with Crippen LogP contribution in [0.4, 0.5) is 0 Å². The Balaban J connectivity index is 0.000000771. The molecule has 1 saturated heterocycles. The van der Waals surface area contributed by atoms with E-state index < -0.39 is 0 Å². The number of ether oxygens (including phenoxy) is 1. The fourth-order valence-corrected chi connectivity index (χ4v) is 2.53. The molecule has 0 saturated carbocycles. The summed E-state index contributed by atoms with van der Waals surface area (Å²) in [6.45, 7) is 5.10.